The van der Waals surface area contributed by atoms with Gasteiger partial charge in [0.1, 0.15) is 12.3 Å². The number of benzene rings is 1. The second kappa shape index (κ2) is 6.63. The average Bonchev–Trinajstić information content (AvgIpc) is 2.52. The fraction of sp³-hybridized carbons (Fsp3) is 0.118. The first kappa shape index (κ1) is 16.5. The summed E-state index contributed by atoms with van der Waals surface area (Å²) in [6.07, 6.45) is 1.70. The van der Waals surface area contributed by atoms with Crippen molar-refractivity contribution in [2.24, 2.45) is 0 Å². The van der Waals surface area contributed by atoms with Gasteiger partial charge in [-0.05, 0) is 36.8 Å². The highest BCUT2D eigenvalue weighted by molar-refractivity contribution is 6.35. The molecule has 0 aliphatic rings. The molecule has 3 rings (SSSR count). The third-order valence-electron chi connectivity index (χ3n) is 3.31. The van der Waals surface area contributed by atoms with E-state index in [0.29, 0.717) is 21.4 Å². The molecule has 3 aromatic rings. The lowest BCUT2D eigenvalue weighted by Crippen LogP contribution is -2.17. The number of esters is 1. The summed E-state index contributed by atoms with van der Waals surface area (Å²) in [7, 11) is 0. The Morgan fingerprint density at radius 2 is 1.88 bits per heavy atom. The van der Waals surface area contributed by atoms with Gasteiger partial charge in [-0.2, -0.15) is 0 Å². The van der Waals surface area contributed by atoms with Gasteiger partial charge in [-0.15, -0.1) is 0 Å². The van der Waals surface area contributed by atoms with Crippen molar-refractivity contribution in [2.45, 2.75) is 13.5 Å². The van der Waals surface area contributed by atoms with Crippen LogP contribution in [0.25, 0.3) is 5.65 Å². The van der Waals surface area contributed by atoms with E-state index in [2.05, 4.69) is 4.98 Å². The number of carbonyl (C=O) groups is 1. The van der Waals surface area contributed by atoms with E-state index in [0.717, 1.165) is 5.56 Å². The minimum atomic E-state index is -0.592. The number of pyridine rings is 1. The molecule has 0 radical (unpaired) electrons. The van der Waals surface area contributed by atoms with E-state index >= 15 is 0 Å². The van der Waals surface area contributed by atoms with Gasteiger partial charge in [-0.1, -0.05) is 29.3 Å². The van der Waals surface area contributed by atoms with Crippen molar-refractivity contribution < 1.29 is 9.53 Å². The van der Waals surface area contributed by atoms with Crippen molar-refractivity contribution in [1.29, 1.82) is 0 Å². The van der Waals surface area contributed by atoms with Crippen molar-refractivity contribution in [2.75, 3.05) is 0 Å². The Morgan fingerprint density at radius 1 is 1.17 bits per heavy atom. The van der Waals surface area contributed by atoms with Crippen LogP contribution in [-0.4, -0.2) is 15.4 Å². The summed E-state index contributed by atoms with van der Waals surface area (Å²) in [5.41, 5.74) is 1.81. The van der Waals surface area contributed by atoms with Gasteiger partial charge in [0.15, 0.2) is 0 Å². The highest BCUT2D eigenvalue weighted by Gasteiger charge is 2.11. The van der Waals surface area contributed by atoms with Crippen LogP contribution in [0.15, 0.2) is 47.4 Å². The molecule has 1 aromatic carbocycles. The topological polar surface area (TPSA) is 60.7 Å². The van der Waals surface area contributed by atoms with Gasteiger partial charge >= 0.3 is 5.97 Å². The van der Waals surface area contributed by atoms with E-state index in [1.807, 2.05) is 13.0 Å². The van der Waals surface area contributed by atoms with Gasteiger partial charge in [-0.25, -0.2) is 9.78 Å². The summed E-state index contributed by atoms with van der Waals surface area (Å²) in [4.78, 5) is 28.5. The molecule has 0 spiro atoms. The maximum absolute atomic E-state index is 12.1. The van der Waals surface area contributed by atoms with Crippen LogP contribution >= 0.6 is 23.2 Å². The van der Waals surface area contributed by atoms with Gasteiger partial charge in [-0.3, -0.25) is 9.20 Å². The molecule has 5 nitrogen and oxygen atoms in total. The zero-order valence-electron chi connectivity index (χ0n) is 12.6. The summed E-state index contributed by atoms with van der Waals surface area (Å²) in [5.74, 6) is -0.592. The molecule has 122 valence electrons. The van der Waals surface area contributed by atoms with E-state index in [9.17, 15) is 9.59 Å². The van der Waals surface area contributed by atoms with Crippen LogP contribution in [0.2, 0.25) is 10.0 Å². The Labute approximate surface area is 147 Å². The molecule has 0 bridgehead atoms. The SMILES string of the molecule is Cc1ccc2nc(COC(=O)c3cc(Cl)cc(Cl)c3)cc(=O)n2c1. The van der Waals surface area contributed by atoms with Gasteiger partial charge in [0.2, 0.25) is 0 Å². The third-order valence-corrected chi connectivity index (χ3v) is 3.75. The molecule has 0 N–H and O–H groups in total. The van der Waals surface area contributed by atoms with E-state index in [1.165, 1.54) is 28.7 Å². The van der Waals surface area contributed by atoms with Crippen LogP contribution in [0, 0.1) is 6.92 Å². The first-order valence-corrected chi connectivity index (χ1v) is 7.80. The Morgan fingerprint density at radius 3 is 2.58 bits per heavy atom. The third kappa shape index (κ3) is 3.58. The Kier molecular flexibility index (Phi) is 4.55. The second-order valence-electron chi connectivity index (χ2n) is 5.25. The van der Waals surface area contributed by atoms with Gasteiger partial charge in [0.05, 0.1) is 11.3 Å². The maximum Gasteiger partial charge on any atom is 0.338 e. The number of rotatable bonds is 3. The average molecular weight is 363 g/mol. The standard InChI is InChI=1S/C17H12Cl2N2O3/c1-10-2-3-15-20-14(7-16(22)21(15)8-10)9-24-17(23)11-4-12(18)6-13(19)5-11/h2-8H,9H2,1H3. The fourth-order valence-corrected chi connectivity index (χ4v) is 2.75. The summed E-state index contributed by atoms with van der Waals surface area (Å²) in [6.45, 7) is 1.76. The van der Waals surface area contributed by atoms with Crippen molar-refractivity contribution >= 4 is 34.8 Å². The second-order valence-corrected chi connectivity index (χ2v) is 6.13. The molecule has 24 heavy (non-hydrogen) atoms. The number of hydrogen-bond acceptors (Lipinski definition) is 4. The molecule has 0 atom stereocenters. The summed E-state index contributed by atoms with van der Waals surface area (Å²) in [5, 5.41) is 0.679. The molecule has 0 saturated carbocycles. The van der Waals surface area contributed by atoms with E-state index in [4.69, 9.17) is 27.9 Å². The van der Waals surface area contributed by atoms with E-state index in [-0.39, 0.29) is 17.7 Å². The minimum absolute atomic E-state index is 0.122. The van der Waals surface area contributed by atoms with Crippen LogP contribution < -0.4 is 5.56 Å². The van der Waals surface area contributed by atoms with E-state index in [1.54, 1.807) is 12.3 Å². The van der Waals surface area contributed by atoms with Crippen LogP contribution in [0.3, 0.4) is 0 Å². The number of fused-ring (bicyclic) bond motifs is 1. The first-order chi connectivity index (χ1) is 11.4. The molecule has 2 aromatic heterocycles. The molecule has 0 fully saturated rings. The zero-order valence-corrected chi connectivity index (χ0v) is 14.1. The maximum atomic E-state index is 12.1. The van der Waals surface area contributed by atoms with Crippen LogP contribution in [0.4, 0.5) is 0 Å². The minimum Gasteiger partial charge on any atom is -0.456 e. The highest BCUT2D eigenvalue weighted by Crippen LogP contribution is 2.19. The smallest absolute Gasteiger partial charge is 0.338 e. The van der Waals surface area contributed by atoms with Crippen molar-refractivity contribution in [3.8, 4) is 0 Å². The van der Waals surface area contributed by atoms with E-state index < -0.39 is 5.97 Å². The summed E-state index contributed by atoms with van der Waals surface area (Å²) >= 11 is 11.7. The first-order valence-electron chi connectivity index (χ1n) is 7.04. The quantitative estimate of drug-likeness (QED) is 0.667. The molecule has 0 aliphatic carbocycles. The monoisotopic (exact) mass is 362 g/mol. The number of hydrogen-bond donors (Lipinski definition) is 0. The number of carbonyl (C=O) groups excluding carboxylic acids is 1. The van der Waals surface area contributed by atoms with Gasteiger partial charge in [0.25, 0.3) is 5.56 Å². The lowest BCUT2D eigenvalue weighted by Gasteiger charge is -2.07. The molecule has 0 unspecified atom stereocenters. The summed E-state index contributed by atoms with van der Waals surface area (Å²) < 4.78 is 6.63. The number of halogens is 2. The normalized spacial score (nSPS) is 10.8. The predicted octanol–water partition coefficient (Wildman–Crippen LogP) is 3.67. The number of ether oxygens (including phenoxy) is 1. The molecule has 0 amide bonds. The predicted molar refractivity (Wildman–Crippen MR) is 91.8 cm³/mol. The zero-order chi connectivity index (χ0) is 17.3. The van der Waals surface area contributed by atoms with Gasteiger partial charge in [0, 0.05) is 22.3 Å². The number of aromatic nitrogens is 2. The lowest BCUT2D eigenvalue weighted by atomic mass is 10.2. The Bertz CT molecular complexity index is 979. The largest absolute Gasteiger partial charge is 0.456 e. The molecule has 2 heterocycles. The molecular formula is C17H12Cl2N2O3. The van der Waals surface area contributed by atoms with Crippen LogP contribution in [-0.2, 0) is 11.3 Å². The van der Waals surface area contributed by atoms with Crippen molar-refractivity contribution in [3.05, 3.63) is 79.8 Å². The fourth-order valence-electron chi connectivity index (χ4n) is 2.23. The van der Waals surface area contributed by atoms with Crippen LogP contribution in [0.5, 0.6) is 0 Å². The molecule has 0 aliphatic heterocycles. The number of aryl methyl sites for hydroxylation is 1. The van der Waals surface area contributed by atoms with Crippen molar-refractivity contribution in [3.63, 3.8) is 0 Å². The Balaban J connectivity index is 1.81. The van der Waals surface area contributed by atoms with Crippen LogP contribution in [0.1, 0.15) is 21.6 Å². The molecule has 0 saturated heterocycles. The number of nitrogens with zero attached hydrogens (tertiary/aromatic N) is 2. The van der Waals surface area contributed by atoms with Crippen molar-refractivity contribution in [1.82, 2.24) is 9.38 Å². The molecule has 7 heteroatoms. The lowest BCUT2D eigenvalue weighted by molar-refractivity contribution is 0.0467. The summed E-state index contributed by atoms with van der Waals surface area (Å²) in [6, 6.07) is 9.37. The van der Waals surface area contributed by atoms with Gasteiger partial charge < -0.3 is 4.74 Å². The molecular weight excluding hydrogens is 351 g/mol. The highest BCUT2D eigenvalue weighted by atomic mass is 35.5. The Hall–Kier alpha value is -2.37.